The van der Waals surface area contributed by atoms with Crippen LogP contribution in [-0.2, 0) is 6.42 Å². The van der Waals surface area contributed by atoms with E-state index in [4.69, 9.17) is 0 Å². The third-order valence-corrected chi connectivity index (χ3v) is 4.95. The summed E-state index contributed by atoms with van der Waals surface area (Å²) >= 11 is 0. The molecule has 1 aliphatic carbocycles. The zero-order chi connectivity index (χ0) is 19.9. The summed E-state index contributed by atoms with van der Waals surface area (Å²) in [5, 5.41) is 3.30. The molecule has 1 aromatic rings. The first kappa shape index (κ1) is 23.0. The molecule has 0 saturated heterocycles. The first-order chi connectivity index (χ1) is 13.1. The molecule has 1 aromatic carbocycles. The summed E-state index contributed by atoms with van der Waals surface area (Å²) in [5.74, 6) is 0. The summed E-state index contributed by atoms with van der Waals surface area (Å²) in [6.45, 7) is 12.0. The molecule has 0 unspecified atom stereocenters. The van der Waals surface area contributed by atoms with Gasteiger partial charge in [0.05, 0.1) is 0 Å². The van der Waals surface area contributed by atoms with E-state index < -0.39 is 0 Å². The highest BCUT2D eigenvalue weighted by molar-refractivity contribution is 5.54. The van der Waals surface area contributed by atoms with Gasteiger partial charge >= 0.3 is 0 Å². The maximum Gasteiger partial charge on any atom is 0.0373 e. The van der Waals surface area contributed by atoms with Gasteiger partial charge in [-0.05, 0) is 64.5 Å². The SMILES string of the molecule is CC1=CCCC=C1C.CCC/C=C/C=C(C)CC.c1ccc2c(c1)CCN2. The predicted octanol–water partition coefficient (Wildman–Crippen LogP) is 8.03. The van der Waals surface area contributed by atoms with Crippen molar-refractivity contribution in [3.8, 4) is 0 Å². The molecule has 148 valence electrons. The van der Waals surface area contributed by atoms with Crippen molar-refractivity contribution < 1.29 is 0 Å². The van der Waals surface area contributed by atoms with Crippen LogP contribution in [0.5, 0.6) is 0 Å². The molecule has 0 saturated carbocycles. The Bertz CT molecular complexity index is 618. The van der Waals surface area contributed by atoms with Crippen LogP contribution >= 0.6 is 0 Å². The number of unbranched alkanes of at least 4 members (excludes halogenated alkanes) is 1. The zero-order valence-corrected chi connectivity index (χ0v) is 18.1. The number of hydrogen-bond acceptors (Lipinski definition) is 1. The lowest BCUT2D eigenvalue weighted by Gasteiger charge is -2.05. The number of fused-ring (bicyclic) bond motifs is 1. The van der Waals surface area contributed by atoms with Crippen molar-refractivity contribution in [3.63, 3.8) is 0 Å². The summed E-state index contributed by atoms with van der Waals surface area (Å²) in [4.78, 5) is 0. The smallest absolute Gasteiger partial charge is 0.0373 e. The van der Waals surface area contributed by atoms with Crippen molar-refractivity contribution in [2.75, 3.05) is 11.9 Å². The second kappa shape index (κ2) is 14.1. The third kappa shape index (κ3) is 10.0. The maximum atomic E-state index is 3.30. The Morgan fingerprint density at radius 1 is 1.04 bits per heavy atom. The quantitative estimate of drug-likeness (QED) is 0.532. The van der Waals surface area contributed by atoms with E-state index in [-0.39, 0.29) is 0 Å². The van der Waals surface area contributed by atoms with Gasteiger partial charge in [-0.25, -0.2) is 0 Å². The molecule has 0 atom stereocenters. The molecule has 27 heavy (non-hydrogen) atoms. The largest absolute Gasteiger partial charge is 0.384 e. The molecule has 0 amide bonds. The molecular formula is C26H39N. The molecule has 3 rings (SSSR count). The van der Waals surface area contributed by atoms with Gasteiger partial charge < -0.3 is 5.32 Å². The molecule has 1 heteroatoms. The maximum absolute atomic E-state index is 3.30. The van der Waals surface area contributed by atoms with Crippen molar-refractivity contribution in [3.05, 3.63) is 76.9 Å². The molecule has 0 bridgehead atoms. The van der Waals surface area contributed by atoms with E-state index in [9.17, 15) is 0 Å². The highest BCUT2D eigenvalue weighted by atomic mass is 14.9. The molecule has 2 aliphatic rings. The van der Waals surface area contributed by atoms with E-state index in [0.717, 1.165) is 13.0 Å². The molecule has 0 spiro atoms. The Morgan fingerprint density at radius 3 is 2.26 bits per heavy atom. The average Bonchev–Trinajstić information content (AvgIpc) is 3.17. The fraction of sp³-hybridized carbons (Fsp3) is 0.462. The summed E-state index contributed by atoms with van der Waals surface area (Å²) in [6.07, 6.45) is 18.4. The number of nitrogens with one attached hydrogen (secondary N) is 1. The van der Waals surface area contributed by atoms with Crippen molar-refractivity contribution >= 4 is 5.69 Å². The Labute approximate surface area is 168 Å². The first-order valence-corrected chi connectivity index (χ1v) is 10.6. The standard InChI is InChI=1S/C10H18.C8H9N.C8H12/c1-4-6-7-8-9-10(3)5-2;1-2-4-8-7(3-1)5-6-9-8;1-7-5-3-4-6-8(7)2/h7-9H,4-6H2,1-3H3;1-4,9H,5-6H2;5-6H,3-4H2,1-2H3/b8-7+,10-9?;;. The van der Waals surface area contributed by atoms with Gasteiger partial charge in [0.25, 0.3) is 0 Å². The Hall–Kier alpha value is -2.02. The topological polar surface area (TPSA) is 12.0 Å². The third-order valence-electron chi connectivity index (χ3n) is 4.95. The van der Waals surface area contributed by atoms with Gasteiger partial charge in [-0.2, -0.15) is 0 Å². The van der Waals surface area contributed by atoms with Gasteiger partial charge in [0, 0.05) is 12.2 Å². The Kier molecular flexibility index (Phi) is 12.0. The minimum atomic E-state index is 1.11. The minimum absolute atomic E-state index is 1.11. The number of hydrogen-bond donors (Lipinski definition) is 1. The van der Waals surface area contributed by atoms with E-state index in [1.807, 2.05) is 0 Å². The molecule has 0 fully saturated rings. The van der Waals surface area contributed by atoms with Crippen LogP contribution < -0.4 is 5.32 Å². The van der Waals surface area contributed by atoms with Crippen molar-refractivity contribution in [2.24, 2.45) is 0 Å². The van der Waals surface area contributed by atoms with E-state index in [0.29, 0.717) is 0 Å². The first-order valence-electron chi connectivity index (χ1n) is 10.6. The van der Waals surface area contributed by atoms with Crippen LogP contribution in [0.25, 0.3) is 0 Å². The van der Waals surface area contributed by atoms with Gasteiger partial charge in [0.15, 0.2) is 0 Å². The van der Waals surface area contributed by atoms with Crippen LogP contribution in [0.2, 0.25) is 0 Å². The molecule has 0 aromatic heterocycles. The number of anilines is 1. The molecule has 0 radical (unpaired) electrons. The monoisotopic (exact) mass is 365 g/mol. The van der Waals surface area contributed by atoms with Crippen molar-refractivity contribution in [2.45, 2.75) is 73.1 Å². The summed E-state index contributed by atoms with van der Waals surface area (Å²) < 4.78 is 0. The average molecular weight is 366 g/mol. The lowest BCUT2D eigenvalue weighted by molar-refractivity contribution is 0.958. The fourth-order valence-electron chi connectivity index (χ4n) is 2.78. The highest BCUT2D eigenvalue weighted by Crippen LogP contribution is 2.20. The molecular weight excluding hydrogens is 326 g/mol. The Balaban J connectivity index is 0.000000203. The summed E-state index contributed by atoms with van der Waals surface area (Å²) in [6, 6.07) is 8.46. The number of benzene rings is 1. The van der Waals surface area contributed by atoms with Gasteiger partial charge in [-0.1, -0.05) is 85.6 Å². The number of allylic oxidation sites excluding steroid dienone is 8. The molecule has 1 heterocycles. The predicted molar refractivity (Wildman–Crippen MR) is 123 cm³/mol. The van der Waals surface area contributed by atoms with E-state index in [1.165, 1.54) is 60.1 Å². The van der Waals surface area contributed by atoms with Crippen molar-refractivity contribution in [1.29, 1.82) is 0 Å². The van der Waals surface area contributed by atoms with Crippen molar-refractivity contribution in [1.82, 2.24) is 0 Å². The van der Waals surface area contributed by atoms with E-state index in [2.05, 4.69) is 94.6 Å². The Morgan fingerprint density at radius 2 is 1.70 bits per heavy atom. The van der Waals surface area contributed by atoms with Gasteiger partial charge in [-0.3, -0.25) is 0 Å². The number of para-hydroxylation sites is 1. The second-order valence-corrected chi connectivity index (χ2v) is 7.27. The van der Waals surface area contributed by atoms with Gasteiger partial charge in [0.2, 0.25) is 0 Å². The highest BCUT2D eigenvalue weighted by Gasteiger charge is 2.05. The molecule has 1 nitrogen and oxygen atoms in total. The van der Waals surface area contributed by atoms with E-state index in [1.54, 1.807) is 0 Å². The van der Waals surface area contributed by atoms with Gasteiger partial charge in [-0.15, -0.1) is 0 Å². The number of rotatable bonds is 4. The van der Waals surface area contributed by atoms with Crippen LogP contribution in [0.3, 0.4) is 0 Å². The zero-order valence-electron chi connectivity index (χ0n) is 18.1. The molecule has 1 N–H and O–H groups in total. The van der Waals surface area contributed by atoms with E-state index >= 15 is 0 Å². The molecule has 1 aliphatic heterocycles. The lowest BCUT2D eigenvalue weighted by atomic mass is 10.0. The van der Waals surface area contributed by atoms with Gasteiger partial charge in [0.1, 0.15) is 0 Å². The normalized spacial score (nSPS) is 15.5. The second-order valence-electron chi connectivity index (χ2n) is 7.27. The van der Waals surface area contributed by atoms with Crippen LogP contribution in [0, 0.1) is 0 Å². The van der Waals surface area contributed by atoms with Crippen LogP contribution in [0.15, 0.2) is 71.4 Å². The van der Waals surface area contributed by atoms with Crippen LogP contribution in [-0.4, -0.2) is 6.54 Å². The fourth-order valence-corrected chi connectivity index (χ4v) is 2.78. The summed E-state index contributed by atoms with van der Waals surface area (Å²) in [7, 11) is 0. The van der Waals surface area contributed by atoms with Crippen LogP contribution in [0.1, 0.15) is 72.3 Å². The minimum Gasteiger partial charge on any atom is -0.384 e. The van der Waals surface area contributed by atoms with Crippen LogP contribution in [0.4, 0.5) is 5.69 Å². The lowest BCUT2D eigenvalue weighted by Crippen LogP contribution is -1.90. The summed E-state index contributed by atoms with van der Waals surface area (Å²) in [5.41, 5.74) is 7.13.